The van der Waals surface area contributed by atoms with Crippen molar-refractivity contribution in [3.8, 4) is 0 Å². The van der Waals surface area contributed by atoms with Crippen molar-refractivity contribution in [1.29, 1.82) is 0 Å². The molecule has 0 aliphatic rings. The lowest BCUT2D eigenvalue weighted by Crippen LogP contribution is -2.45. The first-order valence-electron chi connectivity index (χ1n) is 27.1. The Labute approximate surface area is 386 Å². The van der Waals surface area contributed by atoms with Crippen molar-refractivity contribution in [2.75, 3.05) is 40.9 Å². The molecule has 0 aromatic carbocycles. The number of likely N-dealkylation sites (N-methyl/N-ethyl adjacent to an activating group) is 1. The quantitative estimate of drug-likeness (QED) is 0.0243. The summed E-state index contributed by atoms with van der Waals surface area (Å²) in [7, 11) is 1.59. The zero-order valence-corrected chi connectivity index (χ0v) is 43.0. The summed E-state index contributed by atoms with van der Waals surface area (Å²) in [5, 5.41) is 13.9. The van der Waals surface area contributed by atoms with Gasteiger partial charge in [0.2, 0.25) is 5.91 Å². The number of rotatable bonds is 50. The smallest absolute Gasteiger partial charge is 0.387 e. The number of unbranched alkanes of at least 4 members (excludes halogenated alkanes) is 37. The van der Waals surface area contributed by atoms with Crippen molar-refractivity contribution >= 4 is 13.7 Å². The molecule has 370 valence electrons. The van der Waals surface area contributed by atoms with Gasteiger partial charge in [0.05, 0.1) is 39.9 Å². The van der Waals surface area contributed by atoms with Gasteiger partial charge in [0.15, 0.2) is 0 Å². The minimum absolute atomic E-state index is 0.0651. The predicted molar refractivity (Wildman–Crippen MR) is 268 cm³/mol. The zero-order chi connectivity index (χ0) is 45.7. The Morgan fingerprint density at radius 1 is 0.532 bits per heavy atom. The molecule has 0 aromatic heterocycles. The number of amides is 1. The molecule has 0 aliphatic heterocycles. The van der Waals surface area contributed by atoms with Gasteiger partial charge in [-0.05, 0) is 19.3 Å². The van der Waals surface area contributed by atoms with Crippen LogP contribution in [0.4, 0.5) is 0 Å². The van der Waals surface area contributed by atoms with Gasteiger partial charge in [-0.15, -0.1) is 0 Å². The summed E-state index contributed by atoms with van der Waals surface area (Å²) in [5.74, 6) is -0.171. The molecular formula is C53H108N2O6P+. The molecule has 0 bridgehead atoms. The molecule has 0 heterocycles. The molecular weight excluding hydrogens is 792 g/mol. The van der Waals surface area contributed by atoms with Crippen LogP contribution in [-0.4, -0.2) is 73.4 Å². The summed E-state index contributed by atoms with van der Waals surface area (Å²) in [6.07, 6.45) is 54.4. The Balaban J connectivity index is 4.24. The normalized spacial score (nSPS) is 14.1. The molecule has 9 heteroatoms. The van der Waals surface area contributed by atoms with Gasteiger partial charge in [0.1, 0.15) is 13.2 Å². The maximum absolute atomic E-state index is 12.9. The fraction of sp³-hybridized carbons (Fsp3) is 0.943. The van der Waals surface area contributed by atoms with Crippen molar-refractivity contribution in [1.82, 2.24) is 5.32 Å². The van der Waals surface area contributed by atoms with Gasteiger partial charge in [-0.2, -0.15) is 0 Å². The van der Waals surface area contributed by atoms with E-state index in [-0.39, 0.29) is 19.1 Å². The minimum Gasteiger partial charge on any atom is -0.387 e. The highest BCUT2D eigenvalue weighted by Gasteiger charge is 2.27. The van der Waals surface area contributed by atoms with E-state index < -0.39 is 20.0 Å². The van der Waals surface area contributed by atoms with Crippen LogP contribution in [0.15, 0.2) is 12.2 Å². The monoisotopic (exact) mass is 900 g/mol. The van der Waals surface area contributed by atoms with E-state index in [0.29, 0.717) is 17.4 Å². The van der Waals surface area contributed by atoms with Crippen molar-refractivity contribution in [3.05, 3.63) is 12.2 Å². The Morgan fingerprint density at radius 3 is 1.19 bits per heavy atom. The van der Waals surface area contributed by atoms with E-state index in [0.717, 1.165) is 32.1 Å². The largest absolute Gasteiger partial charge is 0.472 e. The molecule has 0 radical (unpaired) electrons. The van der Waals surface area contributed by atoms with Crippen LogP contribution in [0.2, 0.25) is 0 Å². The number of phosphoric ester groups is 1. The van der Waals surface area contributed by atoms with E-state index >= 15 is 0 Å². The van der Waals surface area contributed by atoms with Gasteiger partial charge in [0.25, 0.3) is 0 Å². The summed E-state index contributed by atoms with van der Waals surface area (Å²) in [6, 6.07) is -0.841. The van der Waals surface area contributed by atoms with E-state index in [2.05, 4.69) is 19.2 Å². The number of aliphatic hydroxyl groups is 1. The molecule has 0 spiro atoms. The molecule has 62 heavy (non-hydrogen) atoms. The number of hydrogen-bond acceptors (Lipinski definition) is 5. The molecule has 0 aliphatic carbocycles. The second-order valence-electron chi connectivity index (χ2n) is 20.0. The number of phosphoric acid groups is 1. The third kappa shape index (κ3) is 47.2. The summed E-state index contributed by atoms with van der Waals surface area (Å²) < 4.78 is 23.7. The number of carbonyl (C=O) groups is 1. The van der Waals surface area contributed by atoms with Crippen LogP contribution in [0, 0.1) is 0 Å². The summed E-state index contributed by atoms with van der Waals surface area (Å²) in [4.78, 5) is 23.2. The van der Waals surface area contributed by atoms with Crippen LogP contribution in [0.5, 0.6) is 0 Å². The van der Waals surface area contributed by atoms with Gasteiger partial charge >= 0.3 is 7.82 Å². The fourth-order valence-electron chi connectivity index (χ4n) is 8.22. The van der Waals surface area contributed by atoms with Crippen LogP contribution in [-0.2, 0) is 18.4 Å². The lowest BCUT2D eigenvalue weighted by Gasteiger charge is -2.25. The fourth-order valence-corrected chi connectivity index (χ4v) is 8.96. The van der Waals surface area contributed by atoms with Crippen molar-refractivity contribution < 1.29 is 32.9 Å². The summed E-state index contributed by atoms with van der Waals surface area (Å²) >= 11 is 0. The lowest BCUT2D eigenvalue weighted by atomic mass is 10.0. The van der Waals surface area contributed by atoms with Gasteiger partial charge in [-0.25, -0.2) is 4.57 Å². The number of allylic oxidation sites excluding steroid dienone is 1. The maximum atomic E-state index is 12.9. The van der Waals surface area contributed by atoms with Crippen LogP contribution in [0.3, 0.4) is 0 Å². The summed E-state index contributed by atoms with van der Waals surface area (Å²) in [5.41, 5.74) is 0. The molecule has 0 aromatic rings. The van der Waals surface area contributed by atoms with Crippen LogP contribution >= 0.6 is 7.82 Å². The maximum Gasteiger partial charge on any atom is 0.472 e. The first-order chi connectivity index (χ1) is 30.0. The van der Waals surface area contributed by atoms with E-state index in [1.807, 2.05) is 27.2 Å². The molecule has 1 amide bonds. The second kappa shape index (κ2) is 45.4. The van der Waals surface area contributed by atoms with Gasteiger partial charge in [-0.3, -0.25) is 13.8 Å². The Bertz CT molecular complexity index is 1020. The first kappa shape index (κ1) is 61.2. The van der Waals surface area contributed by atoms with E-state index in [9.17, 15) is 19.4 Å². The third-order valence-corrected chi connectivity index (χ3v) is 13.5. The lowest BCUT2D eigenvalue weighted by molar-refractivity contribution is -0.870. The number of nitrogens with one attached hydrogen (secondary N) is 1. The SMILES string of the molecule is CCCCCCCCCCCCCCCCCCCCCC/C=C/C(O)C(COP(=O)(O)OCC[N+](C)(C)C)NC(=O)CCCCCCCCCCCCCCCCCCCC. The molecule has 3 N–H and O–H groups in total. The van der Waals surface area contributed by atoms with Crippen LogP contribution < -0.4 is 5.32 Å². The number of hydrogen-bond donors (Lipinski definition) is 3. The third-order valence-electron chi connectivity index (χ3n) is 12.5. The minimum atomic E-state index is -4.34. The van der Waals surface area contributed by atoms with Crippen LogP contribution in [0.25, 0.3) is 0 Å². The highest BCUT2D eigenvalue weighted by molar-refractivity contribution is 7.47. The zero-order valence-electron chi connectivity index (χ0n) is 42.1. The van der Waals surface area contributed by atoms with Crippen molar-refractivity contribution in [3.63, 3.8) is 0 Å². The predicted octanol–water partition coefficient (Wildman–Crippen LogP) is 15.9. The molecule has 3 unspecified atom stereocenters. The average Bonchev–Trinajstić information content (AvgIpc) is 3.23. The van der Waals surface area contributed by atoms with E-state index in [1.165, 1.54) is 218 Å². The van der Waals surface area contributed by atoms with Gasteiger partial charge in [0, 0.05) is 6.42 Å². The van der Waals surface area contributed by atoms with Crippen LogP contribution in [0.1, 0.15) is 271 Å². The molecule has 0 saturated heterocycles. The molecule has 0 rings (SSSR count). The second-order valence-corrected chi connectivity index (χ2v) is 21.4. The number of quaternary nitrogens is 1. The highest BCUT2D eigenvalue weighted by atomic mass is 31.2. The number of carbonyl (C=O) groups excluding carboxylic acids is 1. The molecule has 8 nitrogen and oxygen atoms in total. The average molecular weight is 900 g/mol. The number of nitrogens with zero attached hydrogens (tertiary/aromatic N) is 1. The van der Waals surface area contributed by atoms with Gasteiger partial charge in [-0.1, -0.05) is 257 Å². The van der Waals surface area contributed by atoms with Crippen molar-refractivity contribution in [2.24, 2.45) is 0 Å². The van der Waals surface area contributed by atoms with Crippen molar-refractivity contribution in [2.45, 2.75) is 283 Å². The Hall–Kier alpha value is -0.760. The summed E-state index contributed by atoms with van der Waals surface area (Å²) in [6.45, 7) is 4.86. The Kier molecular flexibility index (Phi) is 44.8. The highest BCUT2D eigenvalue weighted by Crippen LogP contribution is 2.43. The Morgan fingerprint density at radius 2 is 0.855 bits per heavy atom. The first-order valence-corrected chi connectivity index (χ1v) is 28.6. The number of aliphatic hydroxyl groups excluding tert-OH is 1. The van der Waals surface area contributed by atoms with E-state index in [1.54, 1.807) is 6.08 Å². The topological polar surface area (TPSA) is 105 Å². The standard InChI is InChI=1S/C53H107N2O6P/c1-6-8-10-12-14-16-18-20-22-24-26-27-28-29-30-32-34-36-38-40-42-44-46-52(56)51(50-61-62(58,59)60-49-48-55(3,4)5)54-53(57)47-45-43-41-39-37-35-33-31-25-23-21-19-17-15-13-11-9-7-2/h44,46,51-52,56H,6-43,45,47-50H2,1-5H3,(H-,54,57,58,59)/p+1/b46-44+. The molecule has 3 atom stereocenters. The van der Waals surface area contributed by atoms with E-state index in [4.69, 9.17) is 9.05 Å². The van der Waals surface area contributed by atoms with Gasteiger partial charge < -0.3 is 19.8 Å². The molecule has 0 fully saturated rings. The molecule has 0 saturated carbocycles.